The number of fused-ring (bicyclic) bond motifs is 8. The van der Waals surface area contributed by atoms with Gasteiger partial charge in [0.25, 0.3) is 11.4 Å². The monoisotopic (exact) mass is 1530 g/mol. The second kappa shape index (κ2) is 33.9. The van der Waals surface area contributed by atoms with Crippen LogP contribution >= 0.6 is 0 Å². The first kappa shape index (κ1) is 83.1. The second-order valence-corrected chi connectivity index (χ2v) is 31.5. The Labute approximate surface area is 646 Å². The Balaban J connectivity index is 1.43. The zero-order valence-electron chi connectivity index (χ0n) is 65.6. The first-order chi connectivity index (χ1) is 52.3. The van der Waals surface area contributed by atoms with Gasteiger partial charge in [0.1, 0.15) is 33.6 Å². The van der Waals surface area contributed by atoms with Crippen LogP contribution in [0, 0.1) is 43.9 Å². The van der Waals surface area contributed by atoms with Gasteiger partial charge in [-0.2, -0.15) is 0 Å². The molecular formula is C84H88N6O22. The van der Waals surface area contributed by atoms with Gasteiger partial charge < -0.3 is 66.8 Å². The average molecular weight is 1530 g/mol. The Kier molecular flexibility index (Phi) is 25.1. The third-order valence-corrected chi connectivity index (χ3v) is 14.8. The molecule has 112 heavy (non-hydrogen) atoms. The van der Waals surface area contributed by atoms with Gasteiger partial charge in [-0.25, -0.2) is 38.7 Å². The number of esters is 6. The predicted octanol–water partition coefficient (Wildman–Crippen LogP) is 14.9. The highest BCUT2D eigenvalue weighted by atomic mass is 16.6. The van der Waals surface area contributed by atoms with Gasteiger partial charge in [-0.1, -0.05) is 23.7 Å². The summed E-state index contributed by atoms with van der Waals surface area (Å²) in [6.07, 6.45) is 6.77. The number of hydrogen-bond acceptors (Lipinski definition) is 24. The van der Waals surface area contributed by atoms with E-state index < -0.39 is 119 Å². The van der Waals surface area contributed by atoms with E-state index in [1.165, 1.54) is 72.8 Å². The third kappa shape index (κ3) is 24.0. The van der Waals surface area contributed by atoms with E-state index in [9.17, 15) is 49.0 Å². The largest absolute Gasteiger partial charge is 0.478 e. The molecule has 9 rings (SSSR count). The van der Waals surface area contributed by atoms with Crippen LogP contribution in [0.4, 0.5) is 11.4 Å². The van der Waals surface area contributed by atoms with Gasteiger partial charge in [-0.3, -0.25) is 20.2 Å². The molecule has 0 fully saturated rings. The highest BCUT2D eigenvalue weighted by molar-refractivity contribution is 5.97. The van der Waals surface area contributed by atoms with Crippen molar-refractivity contribution in [2.45, 2.75) is 158 Å². The molecule has 28 heteroatoms. The van der Waals surface area contributed by atoms with Crippen LogP contribution in [0.2, 0.25) is 0 Å². The average Bonchev–Trinajstić information content (AvgIpc) is 1.61. The molecule has 28 nitrogen and oxygen atoms in total. The van der Waals surface area contributed by atoms with Gasteiger partial charge in [-0.05, 0) is 233 Å². The molecule has 2 N–H and O–H groups in total. The number of aromatic nitrogens is 4. The predicted molar refractivity (Wildman–Crippen MR) is 416 cm³/mol. The van der Waals surface area contributed by atoms with Crippen molar-refractivity contribution in [3.05, 3.63) is 162 Å². The molecular weight excluding hydrogens is 1440 g/mol. The number of non-ortho nitro benzene ring substituents is 2. The van der Waals surface area contributed by atoms with E-state index >= 15 is 0 Å². The zero-order valence-corrected chi connectivity index (χ0v) is 65.6. The van der Waals surface area contributed by atoms with Crippen LogP contribution in [0.1, 0.15) is 170 Å². The Morgan fingerprint density at radius 2 is 0.580 bits per heavy atom. The summed E-state index contributed by atoms with van der Waals surface area (Å²) in [6, 6.07) is 24.1. The number of hydrogen-bond donors (Lipinski definition) is 2. The minimum absolute atomic E-state index is 0.178. The fraction of sp³-hybridized carbons (Fsp3) is 0.357. The Morgan fingerprint density at radius 3 is 0.830 bits per heavy atom. The number of benzene rings is 4. The Hall–Kier alpha value is -13.0. The standard InChI is InChI=1S/C84H88N6O22/c1-79(2,3)107-69(91)43-101-65-39-51(40-66(102-44-70(92)108-80(4,5)6)77(65)105-47-73(95)111-83(13,14)15)75-61-35-31-57(85-61)55(29-23-49-19-25-53(26-20-49)89(97)98)59-33-37-63(87-59)76(64-38-34-60(88-64)56(58-32-36-62(75)86-58)30-24-50-21-27-54(28-22-50)90(99)100)52-41-67(103-45-71(93)109-81(7,8)9)78(106-48-74(96)112-84(16,17)18)68(42-52)104-46-72(94)110-82(10,11)12/h19-22,25-28,31-42,85,88H,43-48H2,1-18H3. The number of rotatable bonds is 22. The first-order valence-electron chi connectivity index (χ1n) is 35.4. The van der Waals surface area contributed by atoms with Gasteiger partial charge in [0, 0.05) is 57.6 Å². The van der Waals surface area contributed by atoms with Crippen molar-refractivity contribution in [1.29, 1.82) is 0 Å². The Morgan fingerprint density at radius 1 is 0.339 bits per heavy atom. The number of ether oxygens (including phenoxy) is 12. The summed E-state index contributed by atoms with van der Waals surface area (Å²) in [7, 11) is 0. The smallest absolute Gasteiger partial charge is 0.344 e. The lowest BCUT2D eigenvalue weighted by Crippen LogP contribution is -2.28. The molecule has 2 aliphatic rings. The van der Waals surface area contributed by atoms with Gasteiger partial charge in [-0.15, -0.1) is 0 Å². The molecule has 0 aliphatic carbocycles. The third-order valence-electron chi connectivity index (χ3n) is 14.8. The summed E-state index contributed by atoms with van der Waals surface area (Å²) in [4.78, 5) is 122. The maximum Gasteiger partial charge on any atom is 0.344 e. The summed E-state index contributed by atoms with van der Waals surface area (Å²) >= 11 is 0. The molecule has 0 amide bonds. The van der Waals surface area contributed by atoms with Crippen LogP contribution in [-0.2, 0) is 57.2 Å². The molecule has 5 heterocycles. The van der Waals surface area contributed by atoms with Crippen LogP contribution in [0.25, 0.3) is 68.6 Å². The van der Waals surface area contributed by atoms with E-state index in [0.29, 0.717) is 44.3 Å². The van der Waals surface area contributed by atoms with E-state index in [1.54, 1.807) is 173 Å². The first-order valence-corrected chi connectivity index (χ1v) is 35.4. The fourth-order valence-electron chi connectivity index (χ4n) is 10.9. The highest BCUT2D eigenvalue weighted by Gasteiger charge is 2.30. The maximum absolute atomic E-state index is 13.6. The van der Waals surface area contributed by atoms with Gasteiger partial charge in [0.15, 0.2) is 62.6 Å². The number of nitro groups is 2. The van der Waals surface area contributed by atoms with E-state index in [0.717, 1.165) is 0 Å². The SMILES string of the molecule is CC(C)(C)OC(=O)COc1cc(-c2c3nc(c(C#Cc4ccc([N+](=O)[O-])cc4)c4ccc([nH]4)c(-c4cc(OCC(=O)OC(C)(C)C)c(OCC(=O)OC(C)(C)C)c(OCC(=O)OC(C)(C)C)c4)c4nc(c(C#Cc5ccc([N+](=O)[O-])cc5)c5ccc2[nH]5)C=C4)C=C3)cc(OCC(=O)OC(C)(C)C)c1OCC(=O)OC(C)(C)C. The van der Waals surface area contributed by atoms with E-state index in [2.05, 4.69) is 33.6 Å². The van der Waals surface area contributed by atoms with E-state index in [1.807, 2.05) is 0 Å². The van der Waals surface area contributed by atoms with E-state index in [4.69, 9.17) is 66.8 Å². The van der Waals surface area contributed by atoms with Gasteiger partial charge in [0.05, 0.1) is 54.8 Å². The molecule has 7 aromatic rings. The Bertz CT molecular complexity index is 4780. The van der Waals surface area contributed by atoms with Crippen molar-refractivity contribution in [1.82, 2.24) is 19.9 Å². The molecule has 0 unspecified atom stereocenters. The number of aromatic amines is 2. The quantitative estimate of drug-likeness (QED) is 0.0209. The van der Waals surface area contributed by atoms with Gasteiger partial charge >= 0.3 is 35.8 Å². The summed E-state index contributed by atoms with van der Waals surface area (Å²) in [5.74, 6) is 6.90. The van der Waals surface area contributed by atoms with Crippen molar-refractivity contribution < 1.29 is 95.5 Å². The van der Waals surface area contributed by atoms with Crippen molar-refractivity contribution >= 4 is 93.6 Å². The molecule has 3 aromatic heterocycles. The van der Waals surface area contributed by atoms with Crippen molar-refractivity contribution in [2.24, 2.45) is 0 Å². The van der Waals surface area contributed by atoms with Crippen molar-refractivity contribution in [3.8, 4) is 80.4 Å². The van der Waals surface area contributed by atoms with Crippen LogP contribution in [-0.4, -0.2) is 139 Å². The molecule has 0 atom stereocenters. The lowest BCUT2D eigenvalue weighted by atomic mass is 10.0. The topological polar surface area (TPSA) is 357 Å². The highest BCUT2D eigenvalue weighted by Crippen LogP contribution is 2.47. The molecule has 4 aromatic carbocycles. The normalized spacial score (nSPS) is 12.0. The summed E-state index contributed by atoms with van der Waals surface area (Å²) in [6.45, 7) is 25.9. The number of carbonyl (C=O) groups is 6. The second-order valence-electron chi connectivity index (χ2n) is 31.5. The molecule has 8 bridgehead atoms. The molecule has 0 radical (unpaired) electrons. The van der Waals surface area contributed by atoms with Crippen LogP contribution in [0.15, 0.2) is 97.1 Å². The minimum Gasteiger partial charge on any atom is -0.478 e. The van der Waals surface area contributed by atoms with Crippen LogP contribution in [0.3, 0.4) is 0 Å². The summed E-state index contributed by atoms with van der Waals surface area (Å²) in [5, 5.41) is 23.7. The van der Waals surface area contributed by atoms with Crippen LogP contribution in [0.5, 0.6) is 34.5 Å². The fourth-order valence-corrected chi connectivity index (χ4v) is 10.9. The molecule has 2 aliphatic heterocycles. The summed E-state index contributed by atoms with van der Waals surface area (Å²) < 4.78 is 71.6. The molecule has 586 valence electrons. The number of H-pyrrole nitrogens is 2. The maximum atomic E-state index is 13.6. The minimum atomic E-state index is -0.956. The van der Waals surface area contributed by atoms with Crippen LogP contribution < -0.4 is 28.4 Å². The van der Waals surface area contributed by atoms with E-state index in [-0.39, 0.29) is 90.9 Å². The lowest BCUT2D eigenvalue weighted by Gasteiger charge is -2.23. The van der Waals surface area contributed by atoms with Gasteiger partial charge in [0.2, 0.25) is 11.5 Å². The van der Waals surface area contributed by atoms with Crippen molar-refractivity contribution in [3.63, 3.8) is 0 Å². The zero-order chi connectivity index (χ0) is 82.0. The lowest BCUT2D eigenvalue weighted by molar-refractivity contribution is -0.385. The number of carbonyl (C=O) groups excluding carboxylic acids is 6. The number of nitrogens with one attached hydrogen (secondary N) is 2. The molecule has 0 saturated heterocycles. The number of nitro benzene ring substituents is 2. The molecule has 0 saturated carbocycles. The molecule has 0 spiro atoms. The van der Waals surface area contributed by atoms with Crippen molar-refractivity contribution in [2.75, 3.05) is 39.6 Å². The summed E-state index contributed by atoms with van der Waals surface area (Å²) in [5.41, 5.74) is -1.47. The number of nitrogens with zero attached hydrogens (tertiary/aromatic N) is 4.